The number of carbonyl (C=O) groups excluding carboxylic acids is 1. The molecule has 146 valence electrons. The first-order valence-corrected chi connectivity index (χ1v) is 8.79. The molecule has 0 saturated carbocycles. The van der Waals surface area contributed by atoms with Crippen LogP contribution in [0.2, 0.25) is 0 Å². The van der Waals surface area contributed by atoms with Gasteiger partial charge in [0.2, 0.25) is 0 Å². The van der Waals surface area contributed by atoms with E-state index in [2.05, 4.69) is 5.32 Å². The Morgan fingerprint density at radius 1 is 1.35 bits per heavy atom. The third-order valence-corrected chi connectivity index (χ3v) is 4.17. The molecule has 1 unspecified atom stereocenters. The van der Waals surface area contributed by atoms with Crippen molar-refractivity contribution in [1.29, 1.82) is 0 Å². The molecule has 1 atom stereocenters. The molecule has 1 aliphatic heterocycles. The molecule has 1 N–H and O–H groups in total. The Balaban J connectivity index is 2.20. The SMILES string of the molecule is CCCCOC(C)C(=O)Nc1cc(C(F)(F)F)ccc1N1CCOCC1. The highest BCUT2D eigenvalue weighted by Crippen LogP contribution is 2.35. The van der Waals surface area contributed by atoms with Crippen LogP contribution in [0, 0.1) is 0 Å². The van der Waals surface area contributed by atoms with Crippen molar-refractivity contribution < 1.29 is 27.4 Å². The van der Waals surface area contributed by atoms with Crippen molar-refractivity contribution in [3.05, 3.63) is 23.8 Å². The van der Waals surface area contributed by atoms with Crippen LogP contribution in [-0.4, -0.2) is 44.9 Å². The number of carbonyl (C=O) groups is 1. The van der Waals surface area contributed by atoms with E-state index in [9.17, 15) is 18.0 Å². The van der Waals surface area contributed by atoms with Gasteiger partial charge in [-0.3, -0.25) is 4.79 Å². The predicted molar refractivity (Wildman–Crippen MR) is 93.4 cm³/mol. The van der Waals surface area contributed by atoms with Gasteiger partial charge >= 0.3 is 6.18 Å². The summed E-state index contributed by atoms with van der Waals surface area (Å²) in [5, 5.41) is 2.60. The standard InChI is InChI=1S/C18H25F3N2O3/c1-3-4-9-26-13(2)17(24)22-15-12-14(18(19,20)21)5-6-16(15)23-7-10-25-11-8-23/h5-6,12-13H,3-4,7-11H2,1-2H3,(H,22,24). The van der Waals surface area contributed by atoms with Gasteiger partial charge < -0.3 is 19.7 Å². The quantitative estimate of drug-likeness (QED) is 0.740. The summed E-state index contributed by atoms with van der Waals surface area (Å²) in [6.45, 7) is 6.12. The largest absolute Gasteiger partial charge is 0.416 e. The lowest BCUT2D eigenvalue weighted by Crippen LogP contribution is -2.37. The number of benzene rings is 1. The predicted octanol–water partition coefficient (Wildman–Crippen LogP) is 3.69. The summed E-state index contributed by atoms with van der Waals surface area (Å²) in [6, 6.07) is 3.40. The van der Waals surface area contributed by atoms with E-state index >= 15 is 0 Å². The highest BCUT2D eigenvalue weighted by molar-refractivity contribution is 5.97. The summed E-state index contributed by atoms with van der Waals surface area (Å²) in [4.78, 5) is 14.2. The van der Waals surface area contributed by atoms with Crippen molar-refractivity contribution in [2.24, 2.45) is 0 Å². The first kappa shape index (κ1) is 20.5. The number of hydrogen-bond acceptors (Lipinski definition) is 4. The van der Waals surface area contributed by atoms with Gasteiger partial charge in [0.25, 0.3) is 5.91 Å². The molecule has 1 saturated heterocycles. The lowest BCUT2D eigenvalue weighted by molar-refractivity contribution is -0.137. The maximum atomic E-state index is 13.1. The number of nitrogens with zero attached hydrogens (tertiary/aromatic N) is 1. The minimum Gasteiger partial charge on any atom is -0.378 e. The Morgan fingerprint density at radius 3 is 2.65 bits per heavy atom. The Hall–Kier alpha value is -1.80. The van der Waals surface area contributed by atoms with Crippen molar-refractivity contribution in [1.82, 2.24) is 0 Å². The Morgan fingerprint density at radius 2 is 2.04 bits per heavy atom. The van der Waals surface area contributed by atoms with E-state index in [1.807, 2.05) is 11.8 Å². The number of unbranched alkanes of at least 4 members (excludes halogenated alkanes) is 1. The summed E-state index contributed by atoms with van der Waals surface area (Å²) in [6.07, 6.45) is -3.47. The van der Waals surface area contributed by atoms with E-state index in [-0.39, 0.29) is 5.69 Å². The minimum atomic E-state index is -4.48. The molecule has 1 aromatic carbocycles. The van der Waals surface area contributed by atoms with E-state index in [4.69, 9.17) is 9.47 Å². The fourth-order valence-electron chi connectivity index (χ4n) is 2.61. The molecule has 26 heavy (non-hydrogen) atoms. The number of morpholine rings is 1. The summed E-state index contributed by atoms with van der Waals surface area (Å²) >= 11 is 0. The molecule has 0 aliphatic carbocycles. The zero-order chi connectivity index (χ0) is 19.2. The lowest BCUT2D eigenvalue weighted by atomic mass is 10.1. The number of alkyl halides is 3. The Labute approximate surface area is 151 Å². The molecular formula is C18H25F3N2O3. The van der Waals surface area contributed by atoms with Gasteiger partial charge in [0.15, 0.2) is 0 Å². The number of ether oxygens (including phenoxy) is 2. The van der Waals surface area contributed by atoms with E-state index in [0.717, 1.165) is 25.0 Å². The molecule has 5 nitrogen and oxygen atoms in total. The monoisotopic (exact) mass is 374 g/mol. The fraction of sp³-hybridized carbons (Fsp3) is 0.611. The molecule has 1 heterocycles. The van der Waals surface area contributed by atoms with E-state index in [0.29, 0.717) is 38.6 Å². The van der Waals surface area contributed by atoms with Crippen LogP contribution in [-0.2, 0) is 20.4 Å². The van der Waals surface area contributed by atoms with Crippen molar-refractivity contribution >= 4 is 17.3 Å². The highest BCUT2D eigenvalue weighted by atomic mass is 19.4. The molecule has 2 rings (SSSR count). The maximum Gasteiger partial charge on any atom is 0.416 e. The van der Waals surface area contributed by atoms with Gasteiger partial charge in [0.05, 0.1) is 30.2 Å². The second-order valence-electron chi connectivity index (χ2n) is 6.18. The van der Waals surface area contributed by atoms with Crippen LogP contribution >= 0.6 is 0 Å². The molecule has 8 heteroatoms. The number of hydrogen-bond donors (Lipinski definition) is 1. The number of anilines is 2. The second-order valence-corrected chi connectivity index (χ2v) is 6.18. The van der Waals surface area contributed by atoms with Crippen molar-refractivity contribution in [3.8, 4) is 0 Å². The zero-order valence-corrected chi connectivity index (χ0v) is 15.1. The van der Waals surface area contributed by atoms with Crippen LogP contribution < -0.4 is 10.2 Å². The highest BCUT2D eigenvalue weighted by Gasteiger charge is 2.32. The lowest BCUT2D eigenvalue weighted by Gasteiger charge is -2.31. The van der Waals surface area contributed by atoms with Crippen LogP contribution in [0.3, 0.4) is 0 Å². The van der Waals surface area contributed by atoms with E-state index in [1.54, 1.807) is 6.92 Å². The maximum absolute atomic E-state index is 13.1. The van der Waals surface area contributed by atoms with Crippen molar-refractivity contribution in [3.63, 3.8) is 0 Å². The van der Waals surface area contributed by atoms with Crippen molar-refractivity contribution in [2.45, 2.75) is 39.0 Å². The molecule has 1 aliphatic rings. The van der Waals surface area contributed by atoms with E-state index in [1.165, 1.54) is 6.07 Å². The average molecular weight is 374 g/mol. The van der Waals surface area contributed by atoms with Gasteiger partial charge in [-0.15, -0.1) is 0 Å². The third kappa shape index (κ3) is 5.60. The third-order valence-electron chi connectivity index (χ3n) is 4.17. The number of halogens is 3. The molecule has 1 aromatic rings. The van der Waals surface area contributed by atoms with Crippen LogP contribution in [0.15, 0.2) is 18.2 Å². The number of nitrogens with one attached hydrogen (secondary N) is 1. The summed E-state index contributed by atoms with van der Waals surface area (Å²) in [5.74, 6) is -0.463. The average Bonchev–Trinajstić information content (AvgIpc) is 2.61. The smallest absolute Gasteiger partial charge is 0.378 e. The van der Waals surface area contributed by atoms with Crippen LogP contribution in [0.25, 0.3) is 0 Å². The Bertz CT molecular complexity index is 602. The molecular weight excluding hydrogens is 349 g/mol. The fourth-order valence-corrected chi connectivity index (χ4v) is 2.61. The normalized spacial score (nSPS) is 16.4. The van der Waals surface area contributed by atoms with Gasteiger partial charge in [-0.25, -0.2) is 0 Å². The van der Waals surface area contributed by atoms with Crippen LogP contribution in [0.5, 0.6) is 0 Å². The molecule has 0 radical (unpaired) electrons. The van der Waals surface area contributed by atoms with Gasteiger partial charge in [-0.1, -0.05) is 13.3 Å². The van der Waals surface area contributed by atoms with Gasteiger partial charge in [0.1, 0.15) is 6.10 Å². The Kier molecular flexibility index (Phi) is 7.28. The summed E-state index contributed by atoms with van der Waals surface area (Å²) < 4.78 is 49.9. The molecule has 0 spiro atoms. The molecule has 1 amide bonds. The van der Waals surface area contributed by atoms with Gasteiger partial charge in [-0.05, 0) is 31.5 Å². The van der Waals surface area contributed by atoms with E-state index < -0.39 is 23.8 Å². The summed E-state index contributed by atoms with van der Waals surface area (Å²) in [5.41, 5.74) is -0.113. The molecule has 1 fully saturated rings. The minimum absolute atomic E-state index is 0.137. The van der Waals surface area contributed by atoms with Crippen molar-refractivity contribution in [2.75, 3.05) is 43.1 Å². The molecule has 0 aromatic heterocycles. The first-order valence-electron chi connectivity index (χ1n) is 8.79. The summed E-state index contributed by atoms with van der Waals surface area (Å²) in [7, 11) is 0. The van der Waals surface area contributed by atoms with Gasteiger partial charge in [0, 0.05) is 19.7 Å². The van der Waals surface area contributed by atoms with Crippen LogP contribution in [0.1, 0.15) is 32.3 Å². The first-order chi connectivity index (χ1) is 12.3. The number of rotatable bonds is 7. The molecule has 0 bridgehead atoms. The van der Waals surface area contributed by atoms with Gasteiger partial charge in [-0.2, -0.15) is 13.2 Å². The second kappa shape index (κ2) is 9.23. The topological polar surface area (TPSA) is 50.8 Å². The van der Waals surface area contributed by atoms with Crippen LogP contribution in [0.4, 0.5) is 24.5 Å². The zero-order valence-electron chi connectivity index (χ0n) is 15.1. The number of amides is 1.